The van der Waals surface area contributed by atoms with Gasteiger partial charge in [-0.25, -0.2) is 0 Å². The van der Waals surface area contributed by atoms with E-state index in [1.54, 1.807) is 6.92 Å². The molecule has 0 aromatic rings. The highest BCUT2D eigenvalue weighted by Crippen LogP contribution is 2.15. The van der Waals surface area contributed by atoms with Crippen molar-refractivity contribution in [1.82, 2.24) is 0 Å². The fourth-order valence-electron chi connectivity index (χ4n) is 0. The Morgan fingerprint density at radius 2 is 1.71 bits per heavy atom. The van der Waals surface area contributed by atoms with Crippen LogP contribution >= 0.6 is 12.6 Å². The third kappa shape index (κ3) is 2.94. The molecule has 0 rings (SSSR count). The highest BCUT2D eigenvalue weighted by molar-refractivity contribution is 7.81. The molecule has 44 valence electrons. The lowest BCUT2D eigenvalue weighted by Crippen LogP contribution is -2.26. The Bertz CT molecular complexity index is 53.6. The average Bonchev–Trinajstić information content (AvgIpc) is 1.31. The summed E-state index contributed by atoms with van der Waals surface area (Å²) in [5.74, 6) is 0. The van der Waals surface area contributed by atoms with Crippen LogP contribution in [0.15, 0.2) is 0 Å². The molecule has 0 aliphatic heterocycles. The van der Waals surface area contributed by atoms with Gasteiger partial charge in [-0.3, -0.25) is 0 Å². The Labute approximate surface area is 50.1 Å². The Hall–Kier alpha value is 0.310. The molecule has 0 aliphatic rings. The molecule has 1 unspecified atom stereocenters. The second kappa shape index (κ2) is 2.05. The zero-order chi connectivity index (χ0) is 6.08. The van der Waals surface area contributed by atoms with Gasteiger partial charge in [0.1, 0.15) is 0 Å². The first-order chi connectivity index (χ1) is 2.94. The average molecular weight is 120 g/mol. The Morgan fingerprint density at radius 3 is 1.71 bits per heavy atom. The summed E-state index contributed by atoms with van der Waals surface area (Å²) in [7, 11) is 0. The van der Waals surface area contributed by atoms with E-state index in [4.69, 9.17) is 5.11 Å². The van der Waals surface area contributed by atoms with E-state index in [0.717, 1.165) is 0 Å². The van der Waals surface area contributed by atoms with Gasteiger partial charge in [0, 0.05) is 4.75 Å². The summed E-state index contributed by atoms with van der Waals surface area (Å²) in [6.45, 7) is 5.48. The van der Waals surface area contributed by atoms with E-state index in [1.165, 1.54) is 0 Å². The quantitative estimate of drug-likeness (QED) is 0.496. The summed E-state index contributed by atoms with van der Waals surface area (Å²) in [5.41, 5.74) is 0. The minimum absolute atomic E-state index is 0.250. The lowest BCUT2D eigenvalue weighted by atomic mass is 10.1. The smallest absolute Gasteiger partial charge is 0.0650 e. The van der Waals surface area contributed by atoms with Crippen molar-refractivity contribution in [2.45, 2.75) is 31.6 Å². The van der Waals surface area contributed by atoms with Gasteiger partial charge in [-0.05, 0) is 20.8 Å². The summed E-state index contributed by atoms with van der Waals surface area (Å²) in [6.07, 6.45) is -0.337. The topological polar surface area (TPSA) is 20.2 Å². The molecule has 0 radical (unpaired) electrons. The normalized spacial score (nSPS) is 16.7. The number of aliphatic hydroxyl groups excluding tert-OH is 1. The molecule has 0 bridgehead atoms. The molecular formula is C5H12OS. The molecular weight excluding hydrogens is 108 g/mol. The highest BCUT2D eigenvalue weighted by Gasteiger charge is 2.17. The Kier molecular flexibility index (Phi) is 2.14. The molecule has 2 heteroatoms. The molecule has 7 heavy (non-hydrogen) atoms. The number of hydrogen-bond donors (Lipinski definition) is 2. The highest BCUT2D eigenvalue weighted by atomic mass is 32.1. The first-order valence-electron chi connectivity index (χ1n) is 2.35. The van der Waals surface area contributed by atoms with Crippen LogP contribution < -0.4 is 0 Å². The third-order valence-corrected chi connectivity index (χ3v) is 1.40. The molecule has 0 saturated carbocycles. The minimum atomic E-state index is -0.337. The molecule has 0 fully saturated rings. The maximum Gasteiger partial charge on any atom is 0.0650 e. The van der Waals surface area contributed by atoms with E-state index in [1.807, 2.05) is 13.8 Å². The van der Waals surface area contributed by atoms with Crippen molar-refractivity contribution in [2.24, 2.45) is 0 Å². The monoisotopic (exact) mass is 120 g/mol. The zero-order valence-electron chi connectivity index (χ0n) is 4.97. The van der Waals surface area contributed by atoms with E-state index in [9.17, 15) is 0 Å². The van der Waals surface area contributed by atoms with Crippen LogP contribution in [-0.2, 0) is 0 Å². The number of aliphatic hydroxyl groups is 1. The molecule has 1 nitrogen and oxygen atoms in total. The Balaban J connectivity index is 3.54. The fourth-order valence-corrected chi connectivity index (χ4v) is 0. The van der Waals surface area contributed by atoms with Crippen LogP contribution in [0.1, 0.15) is 20.8 Å². The first kappa shape index (κ1) is 7.31. The van der Waals surface area contributed by atoms with Gasteiger partial charge < -0.3 is 5.11 Å². The van der Waals surface area contributed by atoms with Crippen LogP contribution in [0.2, 0.25) is 0 Å². The van der Waals surface area contributed by atoms with Gasteiger partial charge in [-0.2, -0.15) is 12.6 Å². The van der Waals surface area contributed by atoms with Crippen LogP contribution in [-0.4, -0.2) is 16.0 Å². The lowest BCUT2D eigenvalue weighted by Gasteiger charge is -2.19. The van der Waals surface area contributed by atoms with Gasteiger partial charge in [-0.15, -0.1) is 0 Å². The first-order valence-corrected chi connectivity index (χ1v) is 2.80. The molecule has 0 aliphatic carbocycles. The van der Waals surface area contributed by atoms with Gasteiger partial charge in [-0.1, -0.05) is 0 Å². The SMILES string of the molecule is CC(O)C(C)(C)S. The molecule has 0 spiro atoms. The van der Waals surface area contributed by atoms with Gasteiger partial charge >= 0.3 is 0 Å². The predicted octanol–water partition coefficient (Wildman–Crippen LogP) is 1.08. The van der Waals surface area contributed by atoms with Crippen LogP contribution in [0.3, 0.4) is 0 Å². The Morgan fingerprint density at radius 1 is 1.57 bits per heavy atom. The second-order valence-electron chi connectivity index (χ2n) is 2.33. The van der Waals surface area contributed by atoms with E-state index in [0.29, 0.717) is 0 Å². The fraction of sp³-hybridized carbons (Fsp3) is 1.00. The maximum atomic E-state index is 8.81. The van der Waals surface area contributed by atoms with Crippen LogP contribution in [0.25, 0.3) is 0 Å². The largest absolute Gasteiger partial charge is 0.392 e. The van der Waals surface area contributed by atoms with Crippen LogP contribution in [0, 0.1) is 0 Å². The van der Waals surface area contributed by atoms with Crippen molar-refractivity contribution in [2.75, 3.05) is 0 Å². The number of hydrogen-bond acceptors (Lipinski definition) is 2. The third-order valence-electron chi connectivity index (χ3n) is 1.02. The van der Waals surface area contributed by atoms with Crippen molar-refractivity contribution in [3.8, 4) is 0 Å². The van der Waals surface area contributed by atoms with Crippen LogP contribution in [0.4, 0.5) is 0 Å². The lowest BCUT2D eigenvalue weighted by molar-refractivity contribution is 0.162. The molecule has 1 atom stereocenters. The van der Waals surface area contributed by atoms with Gasteiger partial charge in [0.25, 0.3) is 0 Å². The molecule has 0 aromatic heterocycles. The minimum Gasteiger partial charge on any atom is -0.392 e. The van der Waals surface area contributed by atoms with Gasteiger partial charge in [0.15, 0.2) is 0 Å². The van der Waals surface area contributed by atoms with Crippen molar-refractivity contribution >= 4 is 12.6 Å². The molecule has 0 aromatic carbocycles. The maximum absolute atomic E-state index is 8.81. The van der Waals surface area contributed by atoms with Gasteiger partial charge in [0.2, 0.25) is 0 Å². The number of rotatable bonds is 1. The summed E-state index contributed by atoms with van der Waals surface area (Å²) >= 11 is 4.10. The molecule has 1 N–H and O–H groups in total. The van der Waals surface area contributed by atoms with E-state index in [-0.39, 0.29) is 10.9 Å². The van der Waals surface area contributed by atoms with E-state index < -0.39 is 0 Å². The molecule has 0 heterocycles. The standard InChI is InChI=1S/C5H12OS/c1-4(6)5(2,3)7/h4,6-7H,1-3H3. The zero-order valence-corrected chi connectivity index (χ0v) is 5.87. The summed E-state index contributed by atoms with van der Waals surface area (Å²) in [6, 6.07) is 0. The number of thiol groups is 1. The van der Waals surface area contributed by atoms with Crippen molar-refractivity contribution in [3.05, 3.63) is 0 Å². The predicted molar refractivity (Wildman–Crippen MR) is 34.7 cm³/mol. The van der Waals surface area contributed by atoms with E-state index in [2.05, 4.69) is 12.6 Å². The van der Waals surface area contributed by atoms with Crippen LogP contribution in [0.5, 0.6) is 0 Å². The van der Waals surface area contributed by atoms with Crippen molar-refractivity contribution in [3.63, 3.8) is 0 Å². The molecule has 0 saturated heterocycles. The summed E-state index contributed by atoms with van der Waals surface area (Å²) in [5, 5.41) is 8.81. The summed E-state index contributed by atoms with van der Waals surface area (Å²) < 4.78 is -0.250. The van der Waals surface area contributed by atoms with Crippen molar-refractivity contribution in [1.29, 1.82) is 0 Å². The van der Waals surface area contributed by atoms with Gasteiger partial charge in [0.05, 0.1) is 6.10 Å². The molecule has 0 amide bonds. The van der Waals surface area contributed by atoms with E-state index >= 15 is 0 Å². The summed E-state index contributed by atoms with van der Waals surface area (Å²) in [4.78, 5) is 0. The second-order valence-corrected chi connectivity index (χ2v) is 3.48. The van der Waals surface area contributed by atoms with Crippen molar-refractivity contribution < 1.29 is 5.11 Å².